The minimum Gasteiger partial charge on any atom is -0.452 e. The molecule has 1 aromatic carbocycles. The smallest absolute Gasteiger partial charge is 0.231 e. The Labute approximate surface area is 96.8 Å². The zero-order valence-electron chi connectivity index (χ0n) is 8.34. The fraction of sp³-hybridized carbons (Fsp3) is 0. The highest BCUT2D eigenvalue weighted by Crippen LogP contribution is 2.31. The largest absolute Gasteiger partial charge is 0.452 e. The number of hydrogen-bond donors (Lipinski definition) is 0. The average molecular weight is 228 g/mol. The van der Waals surface area contributed by atoms with Gasteiger partial charge in [-0.05, 0) is 23.6 Å². The van der Waals surface area contributed by atoms with Gasteiger partial charge < -0.3 is 4.74 Å². The van der Waals surface area contributed by atoms with Gasteiger partial charge in [0.15, 0.2) is 5.76 Å². The molecule has 0 spiro atoms. The minimum atomic E-state index is -0.0380. The van der Waals surface area contributed by atoms with Crippen molar-refractivity contribution in [3.63, 3.8) is 0 Å². The van der Waals surface area contributed by atoms with Gasteiger partial charge in [-0.2, -0.15) is 0 Å². The monoisotopic (exact) mass is 228 g/mol. The molecule has 0 atom stereocenters. The summed E-state index contributed by atoms with van der Waals surface area (Å²) in [4.78, 5) is 13.0. The number of para-hydroxylation sites is 1. The lowest BCUT2D eigenvalue weighted by atomic mass is 10.1. The maximum atomic E-state index is 11.9. The standard InChI is InChI=1S/C13H8O2S/c14-13-10-5-1-2-6-11(10)15-12(13)8-9-4-3-7-16-9/h1-8H/b12-8+. The van der Waals surface area contributed by atoms with Gasteiger partial charge in [0, 0.05) is 11.0 Å². The summed E-state index contributed by atoms with van der Waals surface area (Å²) in [6, 6.07) is 11.2. The molecule has 0 saturated heterocycles. The van der Waals surface area contributed by atoms with Gasteiger partial charge in [0.25, 0.3) is 0 Å². The van der Waals surface area contributed by atoms with Crippen molar-refractivity contribution in [2.45, 2.75) is 0 Å². The van der Waals surface area contributed by atoms with E-state index < -0.39 is 0 Å². The third-order valence-corrected chi connectivity index (χ3v) is 3.21. The Hall–Kier alpha value is -1.87. The molecule has 78 valence electrons. The van der Waals surface area contributed by atoms with Crippen molar-refractivity contribution in [1.29, 1.82) is 0 Å². The molecule has 0 amide bonds. The van der Waals surface area contributed by atoms with Crippen molar-refractivity contribution < 1.29 is 9.53 Å². The van der Waals surface area contributed by atoms with E-state index in [1.54, 1.807) is 23.5 Å². The fourth-order valence-corrected chi connectivity index (χ4v) is 2.28. The predicted molar refractivity (Wildman–Crippen MR) is 63.7 cm³/mol. The minimum absolute atomic E-state index is 0.0380. The van der Waals surface area contributed by atoms with Crippen LogP contribution in [0.2, 0.25) is 0 Å². The van der Waals surface area contributed by atoms with E-state index in [1.165, 1.54) is 0 Å². The lowest BCUT2D eigenvalue weighted by molar-refractivity contribution is 0.101. The Kier molecular flexibility index (Phi) is 2.11. The topological polar surface area (TPSA) is 26.3 Å². The van der Waals surface area contributed by atoms with Crippen molar-refractivity contribution in [2.24, 2.45) is 0 Å². The molecule has 0 radical (unpaired) electrons. The number of carbonyl (C=O) groups excluding carboxylic acids is 1. The van der Waals surface area contributed by atoms with E-state index in [0.29, 0.717) is 17.1 Å². The van der Waals surface area contributed by atoms with Crippen molar-refractivity contribution >= 4 is 23.2 Å². The maximum absolute atomic E-state index is 11.9. The molecule has 1 aliphatic rings. The van der Waals surface area contributed by atoms with E-state index in [0.717, 1.165) is 4.88 Å². The van der Waals surface area contributed by atoms with Gasteiger partial charge in [-0.15, -0.1) is 11.3 Å². The van der Waals surface area contributed by atoms with E-state index in [-0.39, 0.29) is 5.78 Å². The quantitative estimate of drug-likeness (QED) is 0.699. The first kappa shape index (κ1) is 9.36. The van der Waals surface area contributed by atoms with E-state index in [2.05, 4.69) is 0 Å². The average Bonchev–Trinajstić information content (AvgIpc) is 2.90. The molecule has 0 aliphatic carbocycles. The van der Waals surface area contributed by atoms with E-state index in [1.807, 2.05) is 35.7 Å². The van der Waals surface area contributed by atoms with Crippen LogP contribution in [0.3, 0.4) is 0 Å². The number of Topliss-reactive ketones (excluding diaryl/α,β-unsaturated/α-hetero) is 1. The molecule has 0 fully saturated rings. The molecule has 1 aliphatic heterocycles. The van der Waals surface area contributed by atoms with Gasteiger partial charge in [0.1, 0.15) is 5.75 Å². The zero-order chi connectivity index (χ0) is 11.0. The van der Waals surface area contributed by atoms with Crippen LogP contribution in [0.15, 0.2) is 47.5 Å². The Morgan fingerprint density at radius 1 is 1.12 bits per heavy atom. The number of carbonyl (C=O) groups is 1. The highest BCUT2D eigenvalue weighted by molar-refractivity contribution is 7.10. The summed E-state index contributed by atoms with van der Waals surface area (Å²) in [5, 5.41) is 1.97. The van der Waals surface area contributed by atoms with E-state index in [9.17, 15) is 4.79 Å². The molecule has 0 bridgehead atoms. The molecule has 0 N–H and O–H groups in total. The Morgan fingerprint density at radius 2 is 2.00 bits per heavy atom. The second kappa shape index (κ2) is 3.61. The van der Waals surface area contributed by atoms with Crippen molar-refractivity contribution in [1.82, 2.24) is 0 Å². The Bertz CT molecular complexity index is 567. The van der Waals surface area contributed by atoms with E-state index in [4.69, 9.17) is 4.74 Å². The summed E-state index contributed by atoms with van der Waals surface area (Å²) in [7, 11) is 0. The van der Waals surface area contributed by atoms with Crippen LogP contribution < -0.4 is 4.74 Å². The number of ketones is 1. The normalized spacial score (nSPS) is 16.2. The second-order valence-electron chi connectivity index (χ2n) is 3.45. The summed E-state index contributed by atoms with van der Waals surface area (Å²) in [5.41, 5.74) is 0.644. The van der Waals surface area contributed by atoms with Crippen LogP contribution >= 0.6 is 11.3 Å². The van der Waals surface area contributed by atoms with Crippen LogP contribution in [-0.2, 0) is 0 Å². The molecular weight excluding hydrogens is 220 g/mol. The fourth-order valence-electron chi connectivity index (χ4n) is 1.64. The van der Waals surface area contributed by atoms with Gasteiger partial charge in [-0.1, -0.05) is 18.2 Å². The van der Waals surface area contributed by atoms with E-state index >= 15 is 0 Å². The van der Waals surface area contributed by atoms with Gasteiger partial charge in [0.05, 0.1) is 5.56 Å². The first-order chi connectivity index (χ1) is 7.84. The third kappa shape index (κ3) is 1.46. The summed E-state index contributed by atoms with van der Waals surface area (Å²) < 4.78 is 5.51. The molecular formula is C13H8O2S. The van der Waals surface area contributed by atoms with Crippen molar-refractivity contribution in [3.8, 4) is 5.75 Å². The van der Waals surface area contributed by atoms with Gasteiger partial charge in [-0.25, -0.2) is 0 Å². The van der Waals surface area contributed by atoms with Crippen LogP contribution in [0.4, 0.5) is 0 Å². The lowest BCUT2D eigenvalue weighted by Crippen LogP contribution is -1.97. The number of thiophene rings is 1. The maximum Gasteiger partial charge on any atom is 0.231 e. The van der Waals surface area contributed by atoms with Crippen molar-refractivity contribution in [3.05, 3.63) is 58.0 Å². The molecule has 1 aromatic heterocycles. The SMILES string of the molecule is O=C1/C(=C\c2cccs2)Oc2ccccc21. The first-order valence-electron chi connectivity index (χ1n) is 4.91. The molecule has 2 aromatic rings. The zero-order valence-corrected chi connectivity index (χ0v) is 9.16. The highest BCUT2D eigenvalue weighted by Gasteiger charge is 2.26. The van der Waals surface area contributed by atoms with Crippen molar-refractivity contribution in [2.75, 3.05) is 0 Å². The van der Waals surface area contributed by atoms with Gasteiger partial charge >= 0.3 is 0 Å². The number of allylic oxidation sites excluding steroid dienone is 1. The summed E-state index contributed by atoms with van der Waals surface area (Å²) in [5.74, 6) is 1.02. The first-order valence-corrected chi connectivity index (χ1v) is 5.79. The molecule has 2 heterocycles. The molecule has 0 saturated carbocycles. The molecule has 16 heavy (non-hydrogen) atoms. The number of hydrogen-bond acceptors (Lipinski definition) is 3. The number of rotatable bonds is 1. The molecule has 0 unspecified atom stereocenters. The van der Waals surface area contributed by atoms with Gasteiger partial charge in [0.2, 0.25) is 5.78 Å². The van der Waals surface area contributed by atoms with Crippen LogP contribution in [-0.4, -0.2) is 5.78 Å². The second-order valence-corrected chi connectivity index (χ2v) is 4.43. The molecule has 3 heteroatoms. The number of ether oxygens (including phenoxy) is 1. The van der Waals surface area contributed by atoms with Crippen LogP contribution in [0.25, 0.3) is 6.08 Å². The number of fused-ring (bicyclic) bond motifs is 1. The highest BCUT2D eigenvalue weighted by atomic mass is 32.1. The molecule has 2 nitrogen and oxygen atoms in total. The third-order valence-electron chi connectivity index (χ3n) is 2.39. The van der Waals surface area contributed by atoms with Crippen LogP contribution in [0.5, 0.6) is 5.75 Å². The summed E-state index contributed by atoms with van der Waals surface area (Å²) in [6.07, 6.45) is 1.78. The van der Waals surface area contributed by atoms with Gasteiger partial charge in [-0.3, -0.25) is 4.79 Å². The Balaban J connectivity index is 2.02. The summed E-state index contributed by atoms with van der Waals surface area (Å²) in [6.45, 7) is 0. The van der Waals surface area contributed by atoms with Crippen LogP contribution in [0, 0.1) is 0 Å². The number of benzene rings is 1. The molecule has 3 rings (SSSR count). The lowest BCUT2D eigenvalue weighted by Gasteiger charge is -1.95. The summed E-state index contributed by atoms with van der Waals surface area (Å²) >= 11 is 1.58. The Morgan fingerprint density at radius 3 is 2.75 bits per heavy atom. The van der Waals surface area contributed by atoms with Crippen LogP contribution in [0.1, 0.15) is 15.2 Å². The predicted octanol–water partition coefficient (Wildman–Crippen LogP) is 3.36.